The predicted molar refractivity (Wildman–Crippen MR) is 111 cm³/mol. The van der Waals surface area contributed by atoms with E-state index in [0.29, 0.717) is 28.9 Å². The van der Waals surface area contributed by atoms with Gasteiger partial charge in [0.25, 0.3) is 0 Å². The first kappa shape index (κ1) is 19.5. The van der Waals surface area contributed by atoms with Gasteiger partial charge in [-0.1, -0.05) is 0 Å². The molecule has 3 rings (SSSR count). The van der Waals surface area contributed by atoms with Crippen LogP contribution in [0.15, 0.2) is 47.8 Å². The Morgan fingerprint density at radius 1 is 1.00 bits per heavy atom. The van der Waals surface area contributed by atoms with E-state index in [1.54, 1.807) is 32.4 Å². The number of anilines is 2. The summed E-state index contributed by atoms with van der Waals surface area (Å²) in [7, 11) is 3.10. The lowest BCUT2D eigenvalue weighted by Crippen LogP contribution is -2.19. The van der Waals surface area contributed by atoms with Gasteiger partial charge < -0.3 is 19.5 Å². The van der Waals surface area contributed by atoms with Crippen molar-refractivity contribution in [1.82, 2.24) is 4.98 Å². The largest absolute Gasteiger partial charge is 0.497 e. The number of thiazole rings is 1. The zero-order valence-corrected chi connectivity index (χ0v) is 16.6. The molecule has 2 aromatic carbocycles. The molecule has 1 aromatic heterocycles. The van der Waals surface area contributed by atoms with Gasteiger partial charge in [0.2, 0.25) is 0 Å². The molecule has 0 aliphatic rings. The van der Waals surface area contributed by atoms with Crippen molar-refractivity contribution in [3.05, 3.63) is 47.8 Å². The minimum absolute atomic E-state index is 0.400. The summed E-state index contributed by atoms with van der Waals surface area (Å²) in [6, 6.07) is 12.4. The summed E-state index contributed by atoms with van der Waals surface area (Å²) < 4.78 is 15.8. The number of methoxy groups -OCH3 is 2. The molecule has 28 heavy (non-hydrogen) atoms. The van der Waals surface area contributed by atoms with Crippen molar-refractivity contribution in [2.75, 3.05) is 31.5 Å². The highest BCUT2D eigenvalue weighted by Gasteiger charge is 2.10. The van der Waals surface area contributed by atoms with Gasteiger partial charge in [0.1, 0.15) is 17.2 Å². The van der Waals surface area contributed by atoms with Gasteiger partial charge in [0, 0.05) is 34.8 Å². The average Bonchev–Trinajstić information content (AvgIpc) is 3.16. The molecule has 0 aliphatic heterocycles. The molecule has 0 saturated carbocycles. The van der Waals surface area contributed by atoms with Gasteiger partial charge in [-0.25, -0.2) is 9.78 Å². The Kier molecular flexibility index (Phi) is 6.33. The van der Waals surface area contributed by atoms with E-state index < -0.39 is 6.03 Å². The summed E-state index contributed by atoms with van der Waals surface area (Å²) in [6.07, 6.45) is 0. The van der Waals surface area contributed by atoms with Crippen LogP contribution >= 0.6 is 11.3 Å². The summed E-state index contributed by atoms with van der Waals surface area (Å²) in [5.74, 6) is 1.98. The van der Waals surface area contributed by atoms with Crippen molar-refractivity contribution in [2.45, 2.75) is 6.92 Å². The number of carbonyl (C=O) groups is 1. The van der Waals surface area contributed by atoms with Gasteiger partial charge in [-0.05, 0) is 31.2 Å². The van der Waals surface area contributed by atoms with E-state index in [9.17, 15) is 4.79 Å². The number of carbonyl (C=O) groups excluding carboxylic acids is 1. The number of aromatic nitrogens is 1. The van der Waals surface area contributed by atoms with Crippen molar-refractivity contribution in [1.29, 1.82) is 0 Å². The number of rotatable bonds is 7. The lowest BCUT2D eigenvalue weighted by atomic mass is 10.2. The highest BCUT2D eigenvalue weighted by atomic mass is 32.1. The van der Waals surface area contributed by atoms with Crippen molar-refractivity contribution in [2.24, 2.45) is 0 Å². The Balaban J connectivity index is 1.65. The lowest BCUT2D eigenvalue weighted by Gasteiger charge is -2.09. The normalized spacial score (nSPS) is 10.2. The van der Waals surface area contributed by atoms with E-state index in [-0.39, 0.29) is 0 Å². The topological polar surface area (TPSA) is 81.7 Å². The van der Waals surface area contributed by atoms with E-state index in [1.807, 2.05) is 36.6 Å². The molecule has 0 spiro atoms. The molecule has 1 heterocycles. The fraction of sp³-hybridized carbons (Fsp3) is 0.200. The molecule has 7 nitrogen and oxygen atoms in total. The van der Waals surface area contributed by atoms with Crippen molar-refractivity contribution >= 4 is 28.2 Å². The molecule has 0 fully saturated rings. The smallest absolute Gasteiger partial charge is 0.325 e. The Bertz CT molecular complexity index is 919. The van der Waals surface area contributed by atoms with Gasteiger partial charge in [-0.3, -0.25) is 5.32 Å². The number of benzene rings is 2. The molecule has 0 saturated heterocycles. The molecule has 146 valence electrons. The zero-order valence-electron chi connectivity index (χ0n) is 15.8. The van der Waals surface area contributed by atoms with Gasteiger partial charge in [0.05, 0.1) is 26.5 Å². The predicted octanol–water partition coefficient (Wildman–Crippen LogP) is 4.87. The number of nitrogens with zero attached hydrogens (tertiary/aromatic N) is 1. The highest BCUT2D eigenvalue weighted by Crippen LogP contribution is 2.28. The fourth-order valence-electron chi connectivity index (χ4n) is 2.49. The van der Waals surface area contributed by atoms with Crippen LogP contribution in [0.3, 0.4) is 0 Å². The van der Waals surface area contributed by atoms with E-state index >= 15 is 0 Å². The number of hydrogen-bond donors (Lipinski definition) is 2. The van der Waals surface area contributed by atoms with Crippen LogP contribution < -0.4 is 24.8 Å². The summed E-state index contributed by atoms with van der Waals surface area (Å²) in [4.78, 5) is 16.8. The van der Waals surface area contributed by atoms with Crippen LogP contribution in [-0.2, 0) is 0 Å². The summed E-state index contributed by atoms with van der Waals surface area (Å²) in [6.45, 7) is 2.57. The third-order valence-corrected chi connectivity index (χ3v) is 4.55. The van der Waals surface area contributed by atoms with Crippen LogP contribution in [0.1, 0.15) is 6.92 Å². The second-order valence-electron chi connectivity index (χ2n) is 5.68. The van der Waals surface area contributed by atoms with Crippen LogP contribution in [-0.4, -0.2) is 31.8 Å². The molecule has 0 aliphatic carbocycles. The molecular formula is C20H21N3O4S. The Morgan fingerprint density at radius 2 is 1.68 bits per heavy atom. The highest BCUT2D eigenvalue weighted by molar-refractivity contribution is 7.14. The van der Waals surface area contributed by atoms with E-state index in [2.05, 4.69) is 15.6 Å². The van der Waals surface area contributed by atoms with Gasteiger partial charge in [0.15, 0.2) is 5.13 Å². The summed E-state index contributed by atoms with van der Waals surface area (Å²) in [5, 5.41) is 7.87. The SMILES string of the molecule is CCOc1ccc(-c2csc(NC(=O)Nc3cc(OC)cc(OC)c3)n2)cc1. The maximum atomic E-state index is 12.3. The second-order valence-corrected chi connectivity index (χ2v) is 6.53. The van der Waals surface area contributed by atoms with Crippen molar-refractivity contribution in [3.63, 3.8) is 0 Å². The third-order valence-electron chi connectivity index (χ3n) is 3.80. The third kappa shape index (κ3) is 4.92. The molecule has 3 aromatic rings. The van der Waals surface area contributed by atoms with Gasteiger partial charge in [-0.15, -0.1) is 11.3 Å². The van der Waals surface area contributed by atoms with E-state index in [0.717, 1.165) is 17.0 Å². The maximum absolute atomic E-state index is 12.3. The number of urea groups is 1. The first-order chi connectivity index (χ1) is 13.6. The number of nitrogens with one attached hydrogen (secondary N) is 2. The molecule has 0 bridgehead atoms. The maximum Gasteiger partial charge on any atom is 0.325 e. The molecule has 0 unspecified atom stereocenters. The zero-order chi connectivity index (χ0) is 19.9. The fourth-order valence-corrected chi connectivity index (χ4v) is 3.21. The first-order valence-electron chi connectivity index (χ1n) is 8.61. The minimum atomic E-state index is -0.400. The summed E-state index contributed by atoms with van der Waals surface area (Å²) in [5.41, 5.74) is 2.29. The number of hydrogen-bond acceptors (Lipinski definition) is 6. The Morgan fingerprint density at radius 3 is 2.29 bits per heavy atom. The Labute approximate surface area is 167 Å². The van der Waals surface area contributed by atoms with Crippen LogP contribution in [0, 0.1) is 0 Å². The first-order valence-corrected chi connectivity index (χ1v) is 9.49. The van der Waals surface area contributed by atoms with Crippen LogP contribution in [0.5, 0.6) is 17.2 Å². The van der Waals surface area contributed by atoms with Crippen molar-refractivity contribution < 1.29 is 19.0 Å². The van der Waals surface area contributed by atoms with Gasteiger partial charge in [-0.2, -0.15) is 0 Å². The quantitative estimate of drug-likeness (QED) is 0.592. The number of amides is 2. The molecular weight excluding hydrogens is 378 g/mol. The lowest BCUT2D eigenvalue weighted by molar-refractivity contribution is 0.262. The average molecular weight is 399 g/mol. The van der Waals surface area contributed by atoms with Crippen LogP contribution in [0.25, 0.3) is 11.3 Å². The molecule has 0 radical (unpaired) electrons. The second kappa shape index (κ2) is 9.09. The standard InChI is InChI=1S/C20H21N3O4S/c1-4-27-15-7-5-13(6-8-15)18-12-28-20(22-18)23-19(24)21-14-9-16(25-2)11-17(10-14)26-3/h5-12H,4H2,1-3H3,(H2,21,22,23,24). The Hall–Kier alpha value is -3.26. The van der Waals surface area contributed by atoms with Crippen molar-refractivity contribution in [3.8, 4) is 28.5 Å². The minimum Gasteiger partial charge on any atom is -0.497 e. The van der Waals surface area contributed by atoms with E-state index in [1.165, 1.54) is 11.3 Å². The number of ether oxygens (including phenoxy) is 3. The monoisotopic (exact) mass is 399 g/mol. The molecule has 2 N–H and O–H groups in total. The summed E-state index contributed by atoms with van der Waals surface area (Å²) >= 11 is 1.35. The van der Waals surface area contributed by atoms with Crippen LogP contribution in [0.2, 0.25) is 0 Å². The van der Waals surface area contributed by atoms with Crippen LogP contribution in [0.4, 0.5) is 15.6 Å². The molecule has 0 atom stereocenters. The van der Waals surface area contributed by atoms with Gasteiger partial charge >= 0.3 is 6.03 Å². The molecule has 2 amide bonds. The van der Waals surface area contributed by atoms with E-state index in [4.69, 9.17) is 14.2 Å². The molecule has 8 heteroatoms.